The first kappa shape index (κ1) is 11.6. The standard InChI is InChI=1S/C12H17N3/c1-5-10-6-9(4)14-12(15-10)11(7-13)8(2)3/h6,8,11H,5H2,1-4H3. The van der Waals surface area contributed by atoms with Gasteiger partial charge in [-0.2, -0.15) is 5.26 Å². The van der Waals surface area contributed by atoms with E-state index in [-0.39, 0.29) is 11.8 Å². The van der Waals surface area contributed by atoms with Crippen LogP contribution in [0.1, 0.15) is 43.9 Å². The molecule has 0 aliphatic rings. The van der Waals surface area contributed by atoms with E-state index in [2.05, 4.69) is 23.0 Å². The summed E-state index contributed by atoms with van der Waals surface area (Å²) < 4.78 is 0. The quantitative estimate of drug-likeness (QED) is 0.758. The van der Waals surface area contributed by atoms with Gasteiger partial charge in [-0.1, -0.05) is 20.8 Å². The average molecular weight is 203 g/mol. The predicted molar refractivity (Wildman–Crippen MR) is 59.3 cm³/mol. The molecule has 3 heteroatoms. The molecule has 1 aromatic rings. The number of hydrogen-bond acceptors (Lipinski definition) is 3. The number of nitriles is 1. The summed E-state index contributed by atoms with van der Waals surface area (Å²) in [5.41, 5.74) is 1.95. The second kappa shape index (κ2) is 4.88. The Morgan fingerprint density at radius 2 is 2.07 bits per heavy atom. The summed E-state index contributed by atoms with van der Waals surface area (Å²) in [6.07, 6.45) is 0.882. The van der Waals surface area contributed by atoms with Crippen molar-refractivity contribution in [1.82, 2.24) is 9.97 Å². The maximum Gasteiger partial charge on any atom is 0.146 e. The van der Waals surface area contributed by atoms with Crippen LogP contribution in [0.15, 0.2) is 6.07 Å². The molecule has 0 aromatic carbocycles. The molecule has 3 nitrogen and oxygen atoms in total. The molecule has 1 rings (SSSR count). The van der Waals surface area contributed by atoms with Gasteiger partial charge in [-0.05, 0) is 25.3 Å². The fraction of sp³-hybridized carbons (Fsp3) is 0.583. The fourth-order valence-electron chi connectivity index (χ4n) is 1.48. The molecule has 0 saturated heterocycles. The van der Waals surface area contributed by atoms with Crippen molar-refractivity contribution in [3.63, 3.8) is 0 Å². The molecule has 0 N–H and O–H groups in total. The van der Waals surface area contributed by atoms with Crippen molar-refractivity contribution in [1.29, 1.82) is 5.26 Å². The van der Waals surface area contributed by atoms with E-state index in [1.807, 2.05) is 26.8 Å². The molecule has 1 aromatic heterocycles. The molecule has 0 aliphatic heterocycles. The summed E-state index contributed by atoms with van der Waals surface area (Å²) in [6.45, 7) is 8.04. The third-order valence-corrected chi connectivity index (χ3v) is 2.37. The van der Waals surface area contributed by atoms with Gasteiger partial charge in [-0.15, -0.1) is 0 Å². The van der Waals surface area contributed by atoms with Crippen LogP contribution in [0.3, 0.4) is 0 Å². The van der Waals surface area contributed by atoms with Crippen molar-refractivity contribution < 1.29 is 0 Å². The van der Waals surface area contributed by atoms with Gasteiger partial charge in [0.05, 0.1) is 6.07 Å². The Labute approximate surface area is 91.2 Å². The molecule has 0 saturated carbocycles. The van der Waals surface area contributed by atoms with Gasteiger partial charge in [0.15, 0.2) is 0 Å². The number of aryl methyl sites for hydroxylation is 2. The molecule has 80 valence electrons. The molecule has 0 bridgehead atoms. The van der Waals surface area contributed by atoms with E-state index < -0.39 is 0 Å². The summed E-state index contributed by atoms with van der Waals surface area (Å²) in [5.74, 6) is 0.723. The molecule has 1 heterocycles. The summed E-state index contributed by atoms with van der Waals surface area (Å²) in [5, 5.41) is 9.07. The Hall–Kier alpha value is -1.43. The van der Waals surface area contributed by atoms with E-state index in [4.69, 9.17) is 5.26 Å². The van der Waals surface area contributed by atoms with Gasteiger partial charge in [-0.3, -0.25) is 0 Å². The fourth-order valence-corrected chi connectivity index (χ4v) is 1.48. The van der Waals surface area contributed by atoms with Crippen LogP contribution >= 0.6 is 0 Å². The van der Waals surface area contributed by atoms with E-state index >= 15 is 0 Å². The minimum Gasteiger partial charge on any atom is -0.237 e. The van der Waals surface area contributed by atoms with E-state index in [1.165, 1.54) is 0 Å². The molecule has 1 unspecified atom stereocenters. The molecule has 0 aliphatic carbocycles. The Kier molecular flexibility index (Phi) is 3.79. The molecule has 0 amide bonds. The SMILES string of the molecule is CCc1cc(C)nc(C(C#N)C(C)C)n1. The van der Waals surface area contributed by atoms with Gasteiger partial charge in [0.25, 0.3) is 0 Å². The van der Waals surface area contributed by atoms with Gasteiger partial charge < -0.3 is 0 Å². The van der Waals surface area contributed by atoms with Crippen molar-refractivity contribution in [3.05, 3.63) is 23.3 Å². The maximum atomic E-state index is 9.07. The average Bonchev–Trinajstić information content (AvgIpc) is 2.17. The summed E-state index contributed by atoms with van der Waals surface area (Å²) in [7, 11) is 0. The predicted octanol–water partition coefficient (Wildman–Crippen LogP) is 2.61. The lowest BCUT2D eigenvalue weighted by Crippen LogP contribution is -2.11. The molecular formula is C12H17N3. The lowest BCUT2D eigenvalue weighted by molar-refractivity contribution is 0.557. The van der Waals surface area contributed by atoms with Crippen LogP contribution in [0.4, 0.5) is 0 Å². The first-order valence-electron chi connectivity index (χ1n) is 5.32. The van der Waals surface area contributed by atoms with Crippen molar-refractivity contribution in [3.8, 4) is 6.07 Å². The lowest BCUT2D eigenvalue weighted by atomic mass is 9.96. The van der Waals surface area contributed by atoms with Gasteiger partial charge in [-0.25, -0.2) is 9.97 Å². The van der Waals surface area contributed by atoms with Crippen LogP contribution in [0.2, 0.25) is 0 Å². The Balaban J connectivity index is 3.13. The topological polar surface area (TPSA) is 49.6 Å². The summed E-state index contributed by atoms with van der Waals surface area (Å²) >= 11 is 0. The summed E-state index contributed by atoms with van der Waals surface area (Å²) in [4.78, 5) is 8.75. The Morgan fingerprint density at radius 1 is 1.40 bits per heavy atom. The first-order valence-corrected chi connectivity index (χ1v) is 5.32. The zero-order chi connectivity index (χ0) is 11.4. The largest absolute Gasteiger partial charge is 0.237 e. The number of nitrogens with zero attached hydrogens (tertiary/aromatic N) is 3. The van der Waals surface area contributed by atoms with Crippen LogP contribution in [-0.2, 0) is 6.42 Å². The highest BCUT2D eigenvalue weighted by Gasteiger charge is 2.18. The minimum atomic E-state index is -0.199. The van der Waals surface area contributed by atoms with Gasteiger partial charge in [0, 0.05) is 11.4 Å². The zero-order valence-corrected chi connectivity index (χ0v) is 9.78. The highest BCUT2D eigenvalue weighted by atomic mass is 14.9. The molecule has 0 spiro atoms. The first-order chi connectivity index (χ1) is 7.08. The molecule has 0 radical (unpaired) electrons. The van der Waals surface area contributed by atoms with Crippen LogP contribution in [0, 0.1) is 24.2 Å². The number of aromatic nitrogens is 2. The van der Waals surface area contributed by atoms with Gasteiger partial charge in [0.2, 0.25) is 0 Å². The molecule has 15 heavy (non-hydrogen) atoms. The Bertz CT molecular complexity index is 377. The Morgan fingerprint density at radius 3 is 2.53 bits per heavy atom. The monoisotopic (exact) mass is 203 g/mol. The number of rotatable bonds is 3. The van der Waals surface area contributed by atoms with Crippen LogP contribution < -0.4 is 0 Å². The number of hydrogen-bond donors (Lipinski definition) is 0. The summed E-state index contributed by atoms with van der Waals surface area (Å²) in [6, 6.07) is 4.24. The van der Waals surface area contributed by atoms with Crippen LogP contribution in [0.25, 0.3) is 0 Å². The maximum absolute atomic E-state index is 9.07. The highest BCUT2D eigenvalue weighted by molar-refractivity contribution is 5.16. The van der Waals surface area contributed by atoms with Gasteiger partial charge in [0.1, 0.15) is 11.7 Å². The molecule has 1 atom stereocenters. The zero-order valence-electron chi connectivity index (χ0n) is 9.78. The third kappa shape index (κ3) is 2.76. The van der Waals surface area contributed by atoms with E-state index in [0.717, 1.165) is 17.8 Å². The second-order valence-corrected chi connectivity index (χ2v) is 4.06. The second-order valence-electron chi connectivity index (χ2n) is 4.06. The van der Waals surface area contributed by atoms with E-state index in [9.17, 15) is 0 Å². The van der Waals surface area contributed by atoms with Gasteiger partial charge >= 0.3 is 0 Å². The van der Waals surface area contributed by atoms with Crippen LogP contribution in [-0.4, -0.2) is 9.97 Å². The van der Waals surface area contributed by atoms with Crippen molar-refractivity contribution in [2.24, 2.45) is 5.92 Å². The third-order valence-electron chi connectivity index (χ3n) is 2.37. The van der Waals surface area contributed by atoms with Crippen LogP contribution in [0.5, 0.6) is 0 Å². The van der Waals surface area contributed by atoms with Crippen molar-refractivity contribution >= 4 is 0 Å². The molecule has 0 fully saturated rings. The van der Waals surface area contributed by atoms with E-state index in [1.54, 1.807) is 0 Å². The van der Waals surface area contributed by atoms with Crippen molar-refractivity contribution in [2.45, 2.75) is 40.0 Å². The van der Waals surface area contributed by atoms with E-state index in [0.29, 0.717) is 5.82 Å². The minimum absolute atomic E-state index is 0.199. The normalized spacial score (nSPS) is 12.5. The molecular weight excluding hydrogens is 186 g/mol. The van der Waals surface area contributed by atoms with Crippen molar-refractivity contribution in [2.75, 3.05) is 0 Å². The lowest BCUT2D eigenvalue weighted by Gasteiger charge is -2.12. The smallest absolute Gasteiger partial charge is 0.146 e. The highest BCUT2D eigenvalue weighted by Crippen LogP contribution is 2.20.